The molecule has 0 saturated carbocycles. The van der Waals surface area contributed by atoms with Crippen molar-refractivity contribution in [3.8, 4) is 5.75 Å². The number of nitrogens with zero attached hydrogens (tertiary/aromatic N) is 1. The van der Waals surface area contributed by atoms with Crippen molar-refractivity contribution in [2.45, 2.75) is 13.5 Å². The smallest absolute Gasteiger partial charge is 0.335 e. The first-order valence-corrected chi connectivity index (χ1v) is 11.2. The Kier molecular flexibility index (Phi) is 6.93. The molecule has 0 spiro atoms. The lowest BCUT2D eigenvalue weighted by atomic mass is 10.1. The molecule has 1 fully saturated rings. The number of urea groups is 1. The number of imide groups is 2. The average Bonchev–Trinajstić information content (AvgIpc) is 2.77. The van der Waals surface area contributed by atoms with Gasteiger partial charge in [0, 0.05) is 15.6 Å². The van der Waals surface area contributed by atoms with Crippen molar-refractivity contribution in [3.63, 3.8) is 0 Å². The number of carbonyl (C=O) groups is 3. The summed E-state index contributed by atoms with van der Waals surface area (Å²) in [6.07, 6.45) is 1.30. The Morgan fingerprint density at radius 1 is 0.941 bits per heavy atom. The fourth-order valence-electron chi connectivity index (χ4n) is 3.34. The number of hydrogen-bond acceptors (Lipinski definition) is 4. The topological polar surface area (TPSA) is 75.7 Å². The highest BCUT2D eigenvalue weighted by Crippen LogP contribution is 2.35. The van der Waals surface area contributed by atoms with Crippen LogP contribution in [-0.4, -0.2) is 17.8 Å². The van der Waals surface area contributed by atoms with Crippen LogP contribution < -0.4 is 15.0 Å². The summed E-state index contributed by atoms with van der Waals surface area (Å²) in [6, 6.07) is 16.1. The number of rotatable bonds is 5. The summed E-state index contributed by atoms with van der Waals surface area (Å²) in [4.78, 5) is 39.0. The zero-order chi connectivity index (χ0) is 24.4. The second-order valence-corrected chi connectivity index (χ2v) is 8.80. The van der Waals surface area contributed by atoms with Gasteiger partial charge in [-0.15, -0.1) is 0 Å². The van der Waals surface area contributed by atoms with Gasteiger partial charge in [-0.05, 0) is 48.9 Å². The average molecular weight is 516 g/mol. The van der Waals surface area contributed by atoms with Crippen LogP contribution in [-0.2, 0) is 16.2 Å². The van der Waals surface area contributed by atoms with E-state index < -0.39 is 17.8 Å². The van der Waals surface area contributed by atoms with Crippen molar-refractivity contribution >= 4 is 64.4 Å². The molecular weight excluding hydrogens is 499 g/mol. The third-order valence-corrected chi connectivity index (χ3v) is 5.74. The van der Waals surface area contributed by atoms with Crippen molar-refractivity contribution in [2.24, 2.45) is 0 Å². The van der Waals surface area contributed by atoms with E-state index in [1.54, 1.807) is 12.1 Å². The second-order valence-electron chi connectivity index (χ2n) is 7.52. The summed E-state index contributed by atoms with van der Waals surface area (Å²) in [5.41, 5.74) is 2.24. The lowest BCUT2D eigenvalue weighted by Gasteiger charge is -2.26. The zero-order valence-electron chi connectivity index (χ0n) is 17.8. The maximum Gasteiger partial charge on any atom is 0.335 e. The third kappa shape index (κ3) is 5.09. The molecule has 1 saturated heterocycles. The molecule has 1 aliphatic rings. The molecule has 0 atom stereocenters. The summed E-state index contributed by atoms with van der Waals surface area (Å²) in [6.45, 7) is 2.18. The molecule has 0 radical (unpaired) electrons. The molecule has 4 rings (SSSR count). The first-order chi connectivity index (χ1) is 16.2. The minimum Gasteiger partial charge on any atom is -0.487 e. The van der Waals surface area contributed by atoms with E-state index in [0.717, 1.165) is 16.0 Å². The van der Waals surface area contributed by atoms with Crippen LogP contribution in [0, 0.1) is 6.92 Å². The van der Waals surface area contributed by atoms with Gasteiger partial charge in [-0.25, -0.2) is 9.69 Å². The van der Waals surface area contributed by atoms with E-state index in [2.05, 4.69) is 5.32 Å². The number of halogens is 3. The van der Waals surface area contributed by atoms with Crippen molar-refractivity contribution in [3.05, 3.63) is 98.0 Å². The number of amides is 4. The lowest BCUT2D eigenvalue weighted by Crippen LogP contribution is -2.54. The highest BCUT2D eigenvalue weighted by molar-refractivity contribution is 6.40. The van der Waals surface area contributed by atoms with Gasteiger partial charge >= 0.3 is 6.03 Å². The number of anilines is 1. The summed E-state index contributed by atoms with van der Waals surface area (Å²) >= 11 is 18.6. The Bertz CT molecular complexity index is 1340. The van der Waals surface area contributed by atoms with Gasteiger partial charge in [-0.1, -0.05) is 70.7 Å². The van der Waals surface area contributed by atoms with Crippen LogP contribution in [0.5, 0.6) is 5.75 Å². The van der Waals surface area contributed by atoms with E-state index in [1.165, 1.54) is 30.3 Å². The Morgan fingerprint density at radius 3 is 2.38 bits per heavy atom. The molecule has 1 aliphatic heterocycles. The Balaban J connectivity index is 1.71. The minimum absolute atomic E-state index is 0.199. The number of ether oxygens (including phenoxy) is 1. The molecule has 0 unspecified atom stereocenters. The van der Waals surface area contributed by atoms with Crippen molar-refractivity contribution in [1.29, 1.82) is 0 Å². The minimum atomic E-state index is -0.880. The van der Waals surface area contributed by atoms with Crippen LogP contribution in [0.1, 0.15) is 16.7 Å². The van der Waals surface area contributed by atoms with Crippen LogP contribution in [0.2, 0.25) is 15.1 Å². The molecule has 9 heteroatoms. The van der Waals surface area contributed by atoms with Crippen LogP contribution in [0.15, 0.2) is 66.2 Å². The number of hydrogen-bond donors (Lipinski definition) is 1. The van der Waals surface area contributed by atoms with Crippen LogP contribution >= 0.6 is 34.8 Å². The zero-order valence-corrected chi connectivity index (χ0v) is 20.0. The van der Waals surface area contributed by atoms with Crippen LogP contribution in [0.4, 0.5) is 10.5 Å². The molecule has 1 heterocycles. The van der Waals surface area contributed by atoms with Gasteiger partial charge in [-0.2, -0.15) is 0 Å². The maximum atomic E-state index is 13.2. The highest BCUT2D eigenvalue weighted by atomic mass is 35.5. The van der Waals surface area contributed by atoms with Crippen molar-refractivity contribution < 1.29 is 19.1 Å². The van der Waals surface area contributed by atoms with Gasteiger partial charge in [0.15, 0.2) is 0 Å². The molecule has 0 aromatic heterocycles. The summed E-state index contributed by atoms with van der Waals surface area (Å²) in [5.74, 6) is -1.43. The molecular formula is C25H17Cl3N2O4. The maximum absolute atomic E-state index is 13.2. The molecule has 3 aromatic rings. The molecule has 3 aromatic carbocycles. The predicted octanol–water partition coefficient (Wildman–Crippen LogP) is 6.20. The number of aryl methyl sites for hydroxylation is 1. The Labute approximate surface area is 210 Å². The number of barbiturate groups is 1. The number of benzene rings is 3. The Hall–Kier alpha value is -3.32. The normalized spacial score (nSPS) is 15.0. The fourth-order valence-corrected chi connectivity index (χ4v) is 4.09. The SMILES string of the molecule is Cc1ccc(COc2c(Cl)cc(Cl)cc2/C=C2\C(=O)NC(=O)N(c3cccc(Cl)c3)C2=O)cc1. The molecule has 1 N–H and O–H groups in total. The lowest BCUT2D eigenvalue weighted by molar-refractivity contribution is -0.122. The number of nitrogens with one attached hydrogen (secondary N) is 1. The van der Waals surface area contributed by atoms with E-state index in [0.29, 0.717) is 10.6 Å². The van der Waals surface area contributed by atoms with Gasteiger partial charge in [0.2, 0.25) is 0 Å². The molecule has 34 heavy (non-hydrogen) atoms. The predicted molar refractivity (Wildman–Crippen MR) is 132 cm³/mol. The largest absolute Gasteiger partial charge is 0.487 e. The first-order valence-electron chi connectivity index (χ1n) is 10.1. The molecule has 172 valence electrons. The van der Waals surface area contributed by atoms with Gasteiger partial charge in [0.05, 0.1) is 10.7 Å². The molecule has 4 amide bonds. The highest BCUT2D eigenvalue weighted by Gasteiger charge is 2.37. The van der Waals surface area contributed by atoms with Gasteiger partial charge in [0.1, 0.15) is 17.9 Å². The van der Waals surface area contributed by atoms with E-state index >= 15 is 0 Å². The van der Waals surface area contributed by atoms with Crippen molar-refractivity contribution in [2.75, 3.05) is 4.90 Å². The Morgan fingerprint density at radius 2 is 1.68 bits per heavy atom. The van der Waals surface area contributed by atoms with E-state index in [1.807, 2.05) is 31.2 Å². The van der Waals surface area contributed by atoms with Crippen molar-refractivity contribution in [1.82, 2.24) is 5.32 Å². The van der Waals surface area contributed by atoms with Gasteiger partial charge in [-0.3, -0.25) is 14.9 Å². The first kappa shape index (κ1) is 23.8. The van der Waals surface area contributed by atoms with E-state index in [-0.39, 0.29) is 33.7 Å². The van der Waals surface area contributed by atoms with E-state index in [9.17, 15) is 14.4 Å². The quantitative estimate of drug-likeness (QED) is 0.324. The van der Waals surface area contributed by atoms with E-state index in [4.69, 9.17) is 39.5 Å². The monoisotopic (exact) mass is 514 g/mol. The number of carbonyl (C=O) groups excluding carboxylic acids is 3. The van der Waals surface area contributed by atoms with Gasteiger partial charge < -0.3 is 4.74 Å². The van der Waals surface area contributed by atoms with Gasteiger partial charge in [0.25, 0.3) is 11.8 Å². The molecule has 0 bridgehead atoms. The third-order valence-electron chi connectivity index (χ3n) is 5.01. The fraction of sp³-hybridized carbons (Fsp3) is 0.0800. The molecule has 0 aliphatic carbocycles. The molecule has 6 nitrogen and oxygen atoms in total. The summed E-state index contributed by atoms with van der Waals surface area (Å²) in [7, 11) is 0. The van der Waals surface area contributed by atoms with Crippen LogP contribution in [0.25, 0.3) is 6.08 Å². The second kappa shape index (κ2) is 9.89. The van der Waals surface area contributed by atoms with Crippen LogP contribution in [0.3, 0.4) is 0 Å². The standard InChI is InChI=1S/C25H17Cl3N2O4/c1-14-5-7-15(8-6-14)13-34-22-16(9-18(27)12-21(22)28)10-20-23(31)29-25(33)30(24(20)32)19-4-2-3-17(26)11-19/h2-12H,13H2,1H3,(H,29,31,33)/b20-10+. The summed E-state index contributed by atoms with van der Waals surface area (Å²) < 4.78 is 5.93. The summed E-state index contributed by atoms with van der Waals surface area (Å²) in [5, 5.41) is 2.99.